The molecule has 0 saturated heterocycles. The van der Waals surface area contributed by atoms with Crippen molar-refractivity contribution in [2.24, 2.45) is 5.10 Å². The minimum absolute atomic E-state index is 0.152. The van der Waals surface area contributed by atoms with Gasteiger partial charge in [-0.3, -0.25) is 4.79 Å². The highest BCUT2D eigenvalue weighted by Crippen LogP contribution is 2.21. The Morgan fingerprint density at radius 3 is 2.62 bits per heavy atom. The van der Waals surface area contributed by atoms with Crippen molar-refractivity contribution >= 4 is 22.9 Å². The summed E-state index contributed by atoms with van der Waals surface area (Å²) in [6, 6.07) is 19.3. The van der Waals surface area contributed by atoms with Crippen LogP contribution in [0.2, 0.25) is 0 Å². The first kappa shape index (κ1) is 17.4. The van der Waals surface area contributed by atoms with Crippen molar-refractivity contribution in [3.8, 4) is 5.75 Å². The van der Waals surface area contributed by atoms with E-state index < -0.39 is 0 Å². The fourth-order valence-corrected chi connectivity index (χ4v) is 2.87. The zero-order valence-electron chi connectivity index (χ0n) is 14.4. The van der Waals surface area contributed by atoms with Crippen molar-refractivity contribution in [1.82, 2.24) is 5.43 Å². The lowest BCUT2D eigenvalue weighted by Gasteiger charge is -2.06. The number of hydrogen-bond acceptors (Lipinski definition) is 3. The van der Waals surface area contributed by atoms with Gasteiger partial charge < -0.3 is 5.11 Å². The van der Waals surface area contributed by atoms with Crippen LogP contribution in [0.4, 0.5) is 0 Å². The molecule has 0 aliphatic carbocycles. The summed E-state index contributed by atoms with van der Waals surface area (Å²) in [5, 5.41) is 16.3. The van der Waals surface area contributed by atoms with Gasteiger partial charge in [-0.25, -0.2) is 5.43 Å². The third-order valence-electron chi connectivity index (χ3n) is 4.14. The molecular weight excluding hydrogens is 324 g/mol. The van der Waals surface area contributed by atoms with Crippen LogP contribution in [-0.4, -0.2) is 17.2 Å². The molecule has 0 atom stereocenters. The van der Waals surface area contributed by atoms with Gasteiger partial charge in [0.1, 0.15) is 5.75 Å². The van der Waals surface area contributed by atoms with E-state index in [2.05, 4.69) is 17.1 Å². The first-order valence-electron chi connectivity index (χ1n) is 8.39. The van der Waals surface area contributed by atoms with Gasteiger partial charge in [-0.1, -0.05) is 60.7 Å². The molecule has 4 heteroatoms. The standard InChI is InChI=1S/C22H20N2O2/c1-2-7-17-10-6-12-19(22(17)26)15-23-24-21(25)14-18-11-5-9-16-8-3-4-13-20(16)18/h2-6,8-13,15,26H,1,7,14H2,(H,24,25)/b23-15-. The van der Waals surface area contributed by atoms with E-state index in [0.717, 1.165) is 21.9 Å². The van der Waals surface area contributed by atoms with E-state index in [1.807, 2.05) is 54.6 Å². The number of para-hydroxylation sites is 1. The Balaban J connectivity index is 1.68. The number of allylic oxidation sites excluding steroid dienone is 1. The van der Waals surface area contributed by atoms with Crippen LogP contribution in [0.15, 0.2) is 78.4 Å². The second-order valence-electron chi connectivity index (χ2n) is 5.96. The lowest BCUT2D eigenvalue weighted by Crippen LogP contribution is -2.19. The molecule has 0 bridgehead atoms. The summed E-state index contributed by atoms with van der Waals surface area (Å²) in [6.45, 7) is 3.67. The highest BCUT2D eigenvalue weighted by molar-refractivity contribution is 5.91. The molecule has 2 N–H and O–H groups in total. The summed E-state index contributed by atoms with van der Waals surface area (Å²) < 4.78 is 0. The van der Waals surface area contributed by atoms with Crippen molar-refractivity contribution in [2.45, 2.75) is 12.8 Å². The molecule has 0 aliphatic rings. The van der Waals surface area contributed by atoms with E-state index >= 15 is 0 Å². The molecule has 3 aromatic carbocycles. The van der Waals surface area contributed by atoms with Crippen molar-refractivity contribution in [2.75, 3.05) is 0 Å². The largest absolute Gasteiger partial charge is 0.507 e. The molecule has 1 amide bonds. The molecule has 0 aromatic heterocycles. The summed E-state index contributed by atoms with van der Waals surface area (Å²) in [5.74, 6) is -0.0567. The van der Waals surface area contributed by atoms with Crippen molar-refractivity contribution in [3.05, 3.63) is 90.0 Å². The summed E-state index contributed by atoms with van der Waals surface area (Å²) in [4.78, 5) is 12.2. The molecule has 130 valence electrons. The minimum Gasteiger partial charge on any atom is -0.507 e. The highest BCUT2D eigenvalue weighted by Gasteiger charge is 2.07. The molecule has 0 aliphatic heterocycles. The van der Waals surface area contributed by atoms with Crippen LogP contribution in [0.1, 0.15) is 16.7 Å². The third-order valence-corrected chi connectivity index (χ3v) is 4.14. The zero-order chi connectivity index (χ0) is 18.4. The average molecular weight is 344 g/mol. The van der Waals surface area contributed by atoms with E-state index in [1.54, 1.807) is 12.1 Å². The normalized spacial score (nSPS) is 10.9. The smallest absolute Gasteiger partial charge is 0.244 e. The number of phenolic OH excluding ortho intramolecular Hbond substituents is 1. The molecule has 3 aromatic rings. The molecule has 3 rings (SSSR count). The average Bonchev–Trinajstić information content (AvgIpc) is 2.65. The van der Waals surface area contributed by atoms with E-state index in [0.29, 0.717) is 12.0 Å². The number of benzene rings is 3. The third kappa shape index (κ3) is 3.98. The Morgan fingerprint density at radius 2 is 1.77 bits per heavy atom. The maximum atomic E-state index is 12.2. The molecule has 0 saturated carbocycles. The molecule has 0 fully saturated rings. The topological polar surface area (TPSA) is 61.7 Å². The van der Waals surface area contributed by atoms with Gasteiger partial charge in [0.2, 0.25) is 5.91 Å². The number of hydrazone groups is 1. The SMILES string of the molecule is C=CCc1cccc(/C=N\NC(=O)Cc2cccc3ccccc23)c1O. The number of amides is 1. The molecule has 0 unspecified atom stereocenters. The van der Waals surface area contributed by atoms with Gasteiger partial charge in [0.05, 0.1) is 12.6 Å². The van der Waals surface area contributed by atoms with Gasteiger partial charge in [0, 0.05) is 5.56 Å². The van der Waals surface area contributed by atoms with Gasteiger partial charge >= 0.3 is 0 Å². The van der Waals surface area contributed by atoms with E-state index in [1.165, 1.54) is 6.21 Å². The first-order valence-corrected chi connectivity index (χ1v) is 8.39. The van der Waals surface area contributed by atoms with Crippen LogP contribution >= 0.6 is 0 Å². The lowest BCUT2D eigenvalue weighted by molar-refractivity contribution is -0.120. The van der Waals surface area contributed by atoms with Crippen LogP contribution < -0.4 is 5.43 Å². The Hall–Kier alpha value is -3.40. The number of carbonyl (C=O) groups excluding carboxylic acids is 1. The number of aromatic hydroxyl groups is 1. The highest BCUT2D eigenvalue weighted by atomic mass is 16.3. The van der Waals surface area contributed by atoms with Crippen molar-refractivity contribution < 1.29 is 9.90 Å². The Bertz CT molecular complexity index is 972. The molecular formula is C22H20N2O2. The Kier molecular flexibility index (Phi) is 5.44. The number of fused-ring (bicyclic) bond motifs is 1. The maximum Gasteiger partial charge on any atom is 0.244 e. The fraction of sp³-hybridized carbons (Fsp3) is 0.0909. The second-order valence-corrected chi connectivity index (χ2v) is 5.96. The van der Waals surface area contributed by atoms with Crippen LogP contribution in [0.5, 0.6) is 5.75 Å². The number of nitrogens with one attached hydrogen (secondary N) is 1. The number of hydrogen-bond donors (Lipinski definition) is 2. The summed E-state index contributed by atoms with van der Waals surface area (Å²) in [7, 11) is 0. The summed E-state index contributed by atoms with van der Waals surface area (Å²) >= 11 is 0. The zero-order valence-corrected chi connectivity index (χ0v) is 14.4. The maximum absolute atomic E-state index is 12.2. The number of carbonyl (C=O) groups is 1. The van der Waals surface area contributed by atoms with Gasteiger partial charge in [0.15, 0.2) is 0 Å². The number of phenols is 1. The summed E-state index contributed by atoms with van der Waals surface area (Å²) in [6.07, 6.45) is 3.98. The quantitative estimate of drug-likeness (QED) is 0.404. The van der Waals surface area contributed by atoms with Crippen LogP contribution in [0.25, 0.3) is 10.8 Å². The fourth-order valence-electron chi connectivity index (χ4n) is 2.87. The van der Waals surface area contributed by atoms with Gasteiger partial charge in [0.25, 0.3) is 0 Å². The van der Waals surface area contributed by atoms with E-state index in [9.17, 15) is 9.90 Å². The molecule has 0 radical (unpaired) electrons. The van der Waals surface area contributed by atoms with Gasteiger partial charge in [-0.05, 0) is 34.4 Å². The predicted molar refractivity (Wildman–Crippen MR) is 105 cm³/mol. The van der Waals surface area contributed by atoms with Crippen molar-refractivity contribution in [1.29, 1.82) is 0 Å². The second kappa shape index (κ2) is 8.12. The Morgan fingerprint density at radius 1 is 1.04 bits per heavy atom. The van der Waals surface area contributed by atoms with Gasteiger partial charge in [-0.2, -0.15) is 5.10 Å². The molecule has 0 spiro atoms. The first-order chi connectivity index (χ1) is 12.7. The Labute approximate surface area is 152 Å². The molecule has 4 nitrogen and oxygen atoms in total. The van der Waals surface area contributed by atoms with E-state index in [-0.39, 0.29) is 18.1 Å². The lowest BCUT2D eigenvalue weighted by atomic mass is 10.0. The van der Waals surface area contributed by atoms with E-state index in [4.69, 9.17) is 0 Å². The van der Waals surface area contributed by atoms with Crippen molar-refractivity contribution in [3.63, 3.8) is 0 Å². The summed E-state index contributed by atoms with van der Waals surface area (Å²) in [5.41, 5.74) is 4.79. The van der Waals surface area contributed by atoms with Crippen LogP contribution in [0.3, 0.4) is 0 Å². The predicted octanol–water partition coefficient (Wildman–Crippen LogP) is 3.97. The monoisotopic (exact) mass is 344 g/mol. The molecule has 26 heavy (non-hydrogen) atoms. The number of rotatable bonds is 6. The van der Waals surface area contributed by atoms with Crippen LogP contribution in [-0.2, 0) is 17.6 Å². The minimum atomic E-state index is -0.209. The number of nitrogens with zero attached hydrogens (tertiary/aromatic N) is 1. The van der Waals surface area contributed by atoms with Gasteiger partial charge in [-0.15, -0.1) is 6.58 Å². The van der Waals surface area contributed by atoms with Crippen LogP contribution in [0, 0.1) is 0 Å². The molecule has 0 heterocycles.